The fourth-order valence-electron chi connectivity index (χ4n) is 2.76. The van der Waals surface area contributed by atoms with Gasteiger partial charge >= 0.3 is 0 Å². The number of morpholine rings is 1. The maximum absolute atomic E-state index is 5.96. The average molecular weight is 248 g/mol. The van der Waals surface area contributed by atoms with Gasteiger partial charge in [0.25, 0.3) is 0 Å². The van der Waals surface area contributed by atoms with Crippen LogP contribution in [0.3, 0.4) is 0 Å². The Kier molecular flexibility index (Phi) is 4.75. The lowest BCUT2D eigenvalue weighted by atomic mass is 10.0. The van der Waals surface area contributed by atoms with Crippen LogP contribution in [-0.4, -0.2) is 42.8 Å². The van der Waals surface area contributed by atoms with Crippen LogP contribution in [0.2, 0.25) is 0 Å². The van der Waals surface area contributed by atoms with E-state index < -0.39 is 0 Å². The minimum Gasteiger partial charge on any atom is -0.373 e. The molecule has 3 nitrogen and oxygen atoms in total. The van der Waals surface area contributed by atoms with E-state index in [2.05, 4.69) is 49.1 Å². The van der Waals surface area contributed by atoms with Gasteiger partial charge in [-0.25, -0.2) is 0 Å². The van der Waals surface area contributed by atoms with Gasteiger partial charge in [-0.3, -0.25) is 4.90 Å². The third-order valence-electron chi connectivity index (χ3n) is 3.55. The van der Waals surface area contributed by atoms with E-state index in [9.17, 15) is 0 Å². The van der Waals surface area contributed by atoms with Crippen LogP contribution in [0.25, 0.3) is 0 Å². The molecule has 0 aliphatic carbocycles. The summed E-state index contributed by atoms with van der Waals surface area (Å²) in [5.41, 5.74) is 7.32. The van der Waals surface area contributed by atoms with E-state index >= 15 is 0 Å². The zero-order valence-corrected chi connectivity index (χ0v) is 11.4. The molecule has 18 heavy (non-hydrogen) atoms. The third-order valence-corrected chi connectivity index (χ3v) is 3.55. The van der Waals surface area contributed by atoms with Crippen LogP contribution in [0.5, 0.6) is 0 Å². The van der Waals surface area contributed by atoms with Crippen molar-refractivity contribution in [3.8, 4) is 0 Å². The molecule has 2 rings (SSSR count). The van der Waals surface area contributed by atoms with E-state index in [4.69, 9.17) is 10.5 Å². The van der Waals surface area contributed by atoms with E-state index in [1.807, 2.05) is 0 Å². The predicted molar refractivity (Wildman–Crippen MR) is 74.6 cm³/mol. The molecule has 1 saturated heterocycles. The summed E-state index contributed by atoms with van der Waals surface area (Å²) in [7, 11) is 0. The van der Waals surface area contributed by atoms with Crippen molar-refractivity contribution >= 4 is 0 Å². The molecule has 1 fully saturated rings. The molecule has 3 atom stereocenters. The Morgan fingerprint density at radius 1 is 1.22 bits per heavy atom. The van der Waals surface area contributed by atoms with E-state index in [-0.39, 0.29) is 0 Å². The molecule has 0 spiro atoms. The first-order valence-electron chi connectivity index (χ1n) is 6.82. The van der Waals surface area contributed by atoms with Crippen LogP contribution in [0.4, 0.5) is 0 Å². The van der Waals surface area contributed by atoms with Crippen molar-refractivity contribution in [1.82, 2.24) is 4.90 Å². The highest BCUT2D eigenvalue weighted by Gasteiger charge is 2.27. The zero-order chi connectivity index (χ0) is 13.0. The van der Waals surface area contributed by atoms with E-state index in [1.54, 1.807) is 0 Å². The van der Waals surface area contributed by atoms with Gasteiger partial charge in [0.1, 0.15) is 0 Å². The summed E-state index contributed by atoms with van der Waals surface area (Å²) in [5.74, 6) is 0. The van der Waals surface area contributed by atoms with Crippen molar-refractivity contribution in [2.75, 3.05) is 19.6 Å². The summed E-state index contributed by atoms with van der Waals surface area (Å²) >= 11 is 0. The second-order valence-electron chi connectivity index (χ2n) is 5.29. The second kappa shape index (κ2) is 6.32. The second-order valence-corrected chi connectivity index (χ2v) is 5.29. The first kappa shape index (κ1) is 13.5. The molecule has 0 amide bonds. The summed E-state index contributed by atoms with van der Waals surface area (Å²) < 4.78 is 5.78. The smallest absolute Gasteiger partial charge is 0.0678 e. The Morgan fingerprint density at radius 2 is 1.83 bits per heavy atom. The summed E-state index contributed by atoms with van der Waals surface area (Å²) in [6.45, 7) is 6.95. The van der Waals surface area contributed by atoms with Gasteiger partial charge in [0, 0.05) is 25.7 Å². The summed E-state index contributed by atoms with van der Waals surface area (Å²) in [6.07, 6.45) is 1.63. The topological polar surface area (TPSA) is 38.5 Å². The molecule has 1 aromatic rings. The molecular formula is C15H24N2O. The first-order valence-corrected chi connectivity index (χ1v) is 6.82. The number of hydrogen-bond acceptors (Lipinski definition) is 3. The lowest BCUT2D eigenvalue weighted by molar-refractivity contribution is -0.0792. The van der Waals surface area contributed by atoms with Crippen molar-refractivity contribution in [3.05, 3.63) is 35.9 Å². The molecule has 1 aliphatic heterocycles. The van der Waals surface area contributed by atoms with E-state index in [0.29, 0.717) is 24.8 Å². The largest absolute Gasteiger partial charge is 0.373 e. The molecule has 3 unspecified atom stereocenters. The molecule has 100 valence electrons. The van der Waals surface area contributed by atoms with Crippen molar-refractivity contribution in [2.24, 2.45) is 5.73 Å². The highest BCUT2D eigenvalue weighted by molar-refractivity contribution is 5.16. The quantitative estimate of drug-likeness (QED) is 0.881. The number of nitrogens with zero attached hydrogens (tertiary/aromatic N) is 1. The molecular weight excluding hydrogens is 224 g/mol. The summed E-state index contributed by atoms with van der Waals surface area (Å²) in [6, 6.07) is 11.0. The van der Waals surface area contributed by atoms with E-state index in [1.165, 1.54) is 5.56 Å². The molecule has 1 aromatic carbocycles. The van der Waals surface area contributed by atoms with Crippen LogP contribution >= 0.6 is 0 Å². The van der Waals surface area contributed by atoms with Gasteiger partial charge in [0.15, 0.2) is 0 Å². The van der Waals surface area contributed by atoms with Gasteiger partial charge in [-0.2, -0.15) is 0 Å². The Bertz CT molecular complexity index is 345. The van der Waals surface area contributed by atoms with Crippen molar-refractivity contribution < 1.29 is 4.74 Å². The van der Waals surface area contributed by atoms with Crippen LogP contribution in [-0.2, 0) is 11.2 Å². The Balaban J connectivity index is 2.00. The number of hydrogen-bond donors (Lipinski definition) is 1. The highest BCUT2D eigenvalue weighted by Crippen LogP contribution is 2.16. The minimum absolute atomic E-state index is 0.304. The molecule has 0 radical (unpaired) electrons. The van der Waals surface area contributed by atoms with Gasteiger partial charge < -0.3 is 10.5 Å². The standard InChI is InChI=1S/C15H24N2O/c1-12-10-17(11-13(2)18-12)15(9-16)8-14-6-4-3-5-7-14/h3-7,12-13,15H,8-11,16H2,1-2H3. The maximum Gasteiger partial charge on any atom is 0.0678 e. The fraction of sp³-hybridized carbons (Fsp3) is 0.600. The maximum atomic E-state index is 5.96. The van der Waals surface area contributed by atoms with Crippen LogP contribution in [0.15, 0.2) is 30.3 Å². The first-order chi connectivity index (χ1) is 8.69. The SMILES string of the molecule is CC1CN(C(CN)Cc2ccccc2)CC(C)O1. The van der Waals surface area contributed by atoms with Crippen molar-refractivity contribution in [2.45, 2.75) is 38.5 Å². The lowest BCUT2D eigenvalue weighted by Crippen LogP contribution is -2.53. The summed E-state index contributed by atoms with van der Waals surface area (Å²) in [4.78, 5) is 2.48. The Hall–Kier alpha value is -0.900. The van der Waals surface area contributed by atoms with E-state index in [0.717, 1.165) is 19.5 Å². The molecule has 0 aromatic heterocycles. The Labute approximate surface area is 110 Å². The van der Waals surface area contributed by atoms with Gasteiger partial charge in [-0.15, -0.1) is 0 Å². The van der Waals surface area contributed by atoms with Gasteiger partial charge in [-0.1, -0.05) is 30.3 Å². The molecule has 0 bridgehead atoms. The minimum atomic E-state index is 0.304. The Morgan fingerprint density at radius 3 is 2.39 bits per heavy atom. The predicted octanol–water partition coefficient (Wildman–Crippen LogP) is 1.67. The van der Waals surface area contributed by atoms with Crippen LogP contribution in [0.1, 0.15) is 19.4 Å². The number of ether oxygens (including phenoxy) is 1. The number of nitrogens with two attached hydrogens (primary N) is 1. The fourth-order valence-corrected chi connectivity index (χ4v) is 2.76. The monoisotopic (exact) mass is 248 g/mol. The number of rotatable bonds is 4. The normalized spacial score (nSPS) is 27.1. The summed E-state index contributed by atoms with van der Waals surface area (Å²) in [5, 5.41) is 0. The molecule has 1 aliphatic rings. The number of benzene rings is 1. The molecule has 1 heterocycles. The van der Waals surface area contributed by atoms with Gasteiger partial charge in [0.05, 0.1) is 12.2 Å². The zero-order valence-electron chi connectivity index (χ0n) is 11.4. The van der Waals surface area contributed by atoms with Crippen molar-refractivity contribution in [1.29, 1.82) is 0 Å². The third kappa shape index (κ3) is 3.55. The molecule has 2 N–H and O–H groups in total. The van der Waals surface area contributed by atoms with Crippen molar-refractivity contribution in [3.63, 3.8) is 0 Å². The van der Waals surface area contributed by atoms with Crippen LogP contribution < -0.4 is 5.73 Å². The highest BCUT2D eigenvalue weighted by atomic mass is 16.5. The molecule has 3 heteroatoms. The average Bonchev–Trinajstić information content (AvgIpc) is 2.36. The van der Waals surface area contributed by atoms with Gasteiger partial charge in [-0.05, 0) is 25.8 Å². The lowest BCUT2D eigenvalue weighted by Gasteiger charge is -2.40. The molecule has 0 saturated carbocycles. The van der Waals surface area contributed by atoms with Crippen LogP contribution in [0, 0.1) is 0 Å². The van der Waals surface area contributed by atoms with Gasteiger partial charge in [0.2, 0.25) is 0 Å².